The molecule has 0 aliphatic carbocycles. The molecule has 1 aromatic rings. The SMILES string of the molecule is O=[N+]([O-])c1cc(F)ccc1NC1CCSCC1. The third kappa shape index (κ3) is 3.09. The lowest BCUT2D eigenvalue weighted by atomic mass is 10.1. The zero-order chi connectivity index (χ0) is 12.3. The van der Waals surface area contributed by atoms with E-state index in [9.17, 15) is 14.5 Å². The summed E-state index contributed by atoms with van der Waals surface area (Å²) >= 11 is 1.89. The Hall–Kier alpha value is -1.30. The van der Waals surface area contributed by atoms with E-state index in [-0.39, 0.29) is 11.7 Å². The zero-order valence-electron chi connectivity index (χ0n) is 9.19. The maximum Gasteiger partial charge on any atom is 0.295 e. The van der Waals surface area contributed by atoms with Gasteiger partial charge in [-0.2, -0.15) is 11.8 Å². The number of nitro groups is 1. The van der Waals surface area contributed by atoms with Crippen molar-refractivity contribution in [1.29, 1.82) is 0 Å². The molecule has 6 heteroatoms. The lowest BCUT2D eigenvalue weighted by Crippen LogP contribution is -2.24. The van der Waals surface area contributed by atoms with Crippen LogP contribution in [0.25, 0.3) is 0 Å². The Kier molecular flexibility index (Phi) is 3.83. The van der Waals surface area contributed by atoms with E-state index in [2.05, 4.69) is 5.32 Å². The molecule has 0 bridgehead atoms. The van der Waals surface area contributed by atoms with E-state index in [1.54, 1.807) is 0 Å². The molecule has 0 unspecified atom stereocenters. The second-order valence-electron chi connectivity index (χ2n) is 3.95. The van der Waals surface area contributed by atoms with Gasteiger partial charge in [-0.3, -0.25) is 10.1 Å². The highest BCUT2D eigenvalue weighted by Crippen LogP contribution is 2.28. The van der Waals surface area contributed by atoms with Crippen LogP contribution in [0.4, 0.5) is 15.8 Å². The van der Waals surface area contributed by atoms with E-state index in [1.165, 1.54) is 12.1 Å². The highest BCUT2D eigenvalue weighted by atomic mass is 32.2. The monoisotopic (exact) mass is 256 g/mol. The average molecular weight is 256 g/mol. The molecular weight excluding hydrogens is 243 g/mol. The Balaban J connectivity index is 2.16. The Labute approximate surface area is 103 Å². The number of hydrogen-bond donors (Lipinski definition) is 1. The Morgan fingerprint density at radius 1 is 1.41 bits per heavy atom. The molecule has 0 amide bonds. The zero-order valence-corrected chi connectivity index (χ0v) is 10.0. The lowest BCUT2D eigenvalue weighted by Gasteiger charge is -2.23. The minimum absolute atomic E-state index is 0.191. The van der Waals surface area contributed by atoms with Crippen LogP contribution in [0.2, 0.25) is 0 Å². The van der Waals surface area contributed by atoms with Crippen LogP contribution in [-0.4, -0.2) is 22.5 Å². The summed E-state index contributed by atoms with van der Waals surface area (Å²) in [6.45, 7) is 0. The minimum Gasteiger partial charge on any atom is -0.377 e. The molecule has 0 atom stereocenters. The van der Waals surface area contributed by atoms with E-state index in [0.29, 0.717) is 5.69 Å². The number of nitrogens with zero attached hydrogens (tertiary/aromatic N) is 1. The number of anilines is 1. The number of rotatable bonds is 3. The topological polar surface area (TPSA) is 55.2 Å². The first-order valence-corrected chi connectivity index (χ1v) is 6.60. The van der Waals surface area contributed by atoms with Gasteiger partial charge in [-0.25, -0.2) is 4.39 Å². The van der Waals surface area contributed by atoms with E-state index < -0.39 is 10.7 Å². The third-order valence-electron chi connectivity index (χ3n) is 2.74. The van der Waals surface area contributed by atoms with E-state index in [1.807, 2.05) is 11.8 Å². The van der Waals surface area contributed by atoms with Crippen molar-refractivity contribution >= 4 is 23.1 Å². The van der Waals surface area contributed by atoms with E-state index in [0.717, 1.165) is 30.4 Å². The van der Waals surface area contributed by atoms with Crippen LogP contribution in [-0.2, 0) is 0 Å². The fourth-order valence-electron chi connectivity index (χ4n) is 1.84. The maximum absolute atomic E-state index is 13.0. The Bertz CT molecular complexity index is 422. The van der Waals surface area contributed by atoms with Gasteiger partial charge >= 0.3 is 0 Å². The molecule has 92 valence electrons. The van der Waals surface area contributed by atoms with Gasteiger partial charge < -0.3 is 5.32 Å². The first-order chi connectivity index (χ1) is 8.16. The number of hydrogen-bond acceptors (Lipinski definition) is 4. The summed E-state index contributed by atoms with van der Waals surface area (Å²) in [7, 11) is 0. The van der Waals surface area contributed by atoms with Crippen LogP contribution in [0.5, 0.6) is 0 Å². The normalized spacial score (nSPS) is 16.8. The number of nitrogens with one attached hydrogen (secondary N) is 1. The highest BCUT2D eigenvalue weighted by Gasteiger charge is 2.19. The molecule has 0 spiro atoms. The third-order valence-corrected chi connectivity index (χ3v) is 3.79. The maximum atomic E-state index is 13.0. The number of nitro benzene ring substituents is 1. The molecule has 4 nitrogen and oxygen atoms in total. The fraction of sp³-hybridized carbons (Fsp3) is 0.455. The standard InChI is InChI=1S/C11H13FN2O2S/c12-8-1-2-10(11(7-8)14(15)16)13-9-3-5-17-6-4-9/h1-2,7,9,13H,3-6H2. The van der Waals surface area contributed by atoms with E-state index in [4.69, 9.17) is 0 Å². The molecular formula is C11H13FN2O2S. The summed E-state index contributed by atoms with van der Waals surface area (Å²) in [5.74, 6) is 1.54. The van der Waals surface area contributed by atoms with Gasteiger partial charge in [0.25, 0.3) is 5.69 Å². The summed E-state index contributed by atoms with van der Waals surface area (Å²) < 4.78 is 13.0. The second-order valence-corrected chi connectivity index (χ2v) is 5.17. The first-order valence-electron chi connectivity index (χ1n) is 5.45. The van der Waals surface area contributed by atoms with Crippen LogP contribution in [0, 0.1) is 15.9 Å². The molecule has 17 heavy (non-hydrogen) atoms. The summed E-state index contributed by atoms with van der Waals surface area (Å²) in [5, 5.41) is 13.9. The van der Waals surface area contributed by atoms with Crippen molar-refractivity contribution < 1.29 is 9.31 Å². The van der Waals surface area contributed by atoms with Gasteiger partial charge in [-0.1, -0.05) is 0 Å². The van der Waals surface area contributed by atoms with Crippen molar-refractivity contribution in [2.45, 2.75) is 18.9 Å². The van der Waals surface area contributed by atoms with Gasteiger partial charge in [0.05, 0.1) is 11.0 Å². The van der Waals surface area contributed by atoms with Crippen LogP contribution in [0.15, 0.2) is 18.2 Å². The van der Waals surface area contributed by atoms with Crippen molar-refractivity contribution in [2.75, 3.05) is 16.8 Å². The molecule has 1 heterocycles. The smallest absolute Gasteiger partial charge is 0.295 e. The van der Waals surface area contributed by atoms with Gasteiger partial charge in [-0.05, 0) is 36.5 Å². The van der Waals surface area contributed by atoms with Crippen molar-refractivity contribution in [3.8, 4) is 0 Å². The van der Waals surface area contributed by atoms with Crippen molar-refractivity contribution in [3.63, 3.8) is 0 Å². The molecule has 2 rings (SSSR count). The molecule has 0 saturated carbocycles. The van der Waals surface area contributed by atoms with Gasteiger partial charge in [0, 0.05) is 6.04 Å². The summed E-state index contributed by atoms with van der Waals surface area (Å²) in [5.41, 5.74) is 0.219. The van der Waals surface area contributed by atoms with Gasteiger partial charge in [0.1, 0.15) is 11.5 Å². The number of halogens is 1. The molecule has 1 saturated heterocycles. The van der Waals surface area contributed by atoms with Crippen molar-refractivity contribution in [3.05, 3.63) is 34.1 Å². The molecule has 0 radical (unpaired) electrons. The molecule has 0 aromatic heterocycles. The Morgan fingerprint density at radius 2 is 2.12 bits per heavy atom. The number of thioether (sulfide) groups is 1. The minimum atomic E-state index is -0.582. The summed E-state index contributed by atoms with van der Waals surface area (Å²) in [6, 6.07) is 3.89. The molecule has 1 N–H and O–H groups in total. The first kappa shape index (κ1) is 12.2. The van der Waals surface area contributed by atoms with Gasteiger partial charge in [-0.15, -0.1) is 0 Å². The molecule has 1 aliphatic heterocycles. The largest absolute Gasteiger partial charge is 0.377 e. The predicted molar refractivity (Wildman–Crippen MR) is 67.0 cm³/mol. The number of benzene rings is 1. The Morgan fingerprint density at radius 3 is 2.76 bits per heavy atom. The summed E-state index contributed by atoms with van der Waals surface area (Å²) in [6.07, 6.45) is 1.97. The molecule has 1 fully saturated rings. The quantitative estimate of drug-likeness (QED) is 0.667. The second kappa shape index (κ2) is 5.35. The van der Waals surface area contributed by atoms with Crippen LogP contribution in [0.3, 0.4) is 0 Å². The molecule has 1 aromatic carbocycles. The molecule has 1 aliphatic rings. The highest BCUT2D eigenvalue weighted by molar-refractivity contribution is 7.99. The van der Waals surface area contributed by atoms with E-state index >= 15 is 0 Å². The van der Waals surface area contributed by atoms with Crippen molar-refractivity contribution in [1.82, 2.24) is 0 Å². The lowest BCUT2D eigenvalue weighted by molar-refractivity contribution is -0.384. The predicted octanol–water partition coefficient (Wildman–Crippen LogP) is 3.04. The van der Waals surface area contributed by atoms with Gasteiger partial charge in [0.15, 0.2) is 0 Å². The van der Waals surface area contributed by atoms with Gasteiger partial charge in [0.2, 0.25) is 0 Å². The fourth-order valence-corrected chi connectivity index (χ4v) is 2.95. The van der Waals surface area contributed by atoms with Crippen LogP contribution in [0.1, 0.15) is 12.8 Å². The summed E-state index contributed by atoms with van der Waals surface area (Å²) in [4.78, 5) is 10.3. The van der Waals surface area contributed by atoms with Crippen LogP contribution >= 0.6 is 11.8 Å². The van der Waals surface area contributed by atoms with Crippen molar-refractivity contribution in [2.24, 2.45) is 0 Å². The van der Waals surface area contributed by atoms with Crippen LogP contribution < -0.4 is 5.32 Å². The average Bonchev–Trinajstić information content (AvgIpc) is 2.32.